The van der Waals surface area contributed by atoms with Crippen LogP contribution in [0.3, 0.4) is 0 Å². The molecule has 1 N–H and O–H groups in total. The van der Waals surface area contributed by atoms with E-state index in [1.54, 1.807) is 12.1 Å². The number of nitrogens with one attached hydrogen (secondary N) is 1. The number of morpholine rings is 1. The number of benzene rings is 1. The maximum Gasteiger partial charge on any atom is 0.220 e. The molecule has 4 nitrogen and oxygen atoms in total. The van der Waals surface area contributed by atoms with Crippen molar-refractivity contribution in [2.45, 2.75) is 18.9 Å². The van der Waals surface area contributed by atoms with Crippen LogP contribution in [0.15, 0.2) is 24.3 Å². The molecule has 1 aliphatic heterocycles. The largest absolute Gasteiger partial charge is 0.374 e. The smallest absolute Gasteiger partial charge is 0.220 e. The fourth-order valence-corrected chi connectivity index (χ4v) is 2.22. The number of carbonyl (C=O) groups is 1. The molecule has 0 aliphatic carbocycles. The summed E-state index contributed by atoms with van der Waals surface area (Å²) in [5, 5.41) is 2.89. The van der Waals surface area contributed by atoms with Gasteiger partial charge in [-0.1, -0.05) is 12.1 Å². The minimum absolute atomic E-state index is 0.00570. The molecule has 0 spiro atoms. The molecule has 1 fully saturated rings. The monoisotopic (exact) mass is 280 g/mol. The molecule has 1 unspecified atom stereocenters. The van der Waals surface area contributed by atoms with Gasteiger partial charge >= 0.3 is 0 Å². The summed E-state index contributed by atoms with van der Waals surface area (Å²) < 4.78 is 18.3. The van der Waals surface area contributed by atoms with Gasteiger partial charge < -0.3 is 15.0 Å². The summed E-state index contributed by atoms with van der Waals surface area (Å²) in [5.41, 5.74) is 0.968. The number of ether oxygens (including phenoxy) is 1. The Hall–Kier alpha value is -1.46. The van der Waals surface area contributed by atoms with E-state index in [4.69, 9.17) is 4.74 Å². The number of amides is 1. The summed E-state index contributed by atoms with van der Waals surface area (Å²) >= 11 is 0. The third kappa shape index (κ3) is 4.90. The highest BCUT2D eigenvalue weighted by Crippen LogP contribution is 2.06. The van der Waals surface area contributed by atoms with Gasteiger partial charge in [-0.15, -0.1) is 0 Å². The van der Waals surface area contributed by atoms with Crippen molar-refractivity contribution in [3.05, 3.63) is 35.6 Å². The van der Waals surface area contributed by atoms with Crippen molar-refractivity contribution in [2.24, 2.45) is 0 Å². The molecular weight excluding hydrogens is 259 g/mol. The first kappa shape index (κ1) is 14.9. The second kappa shape index (κ2) is 7.36. The van der Waals surface area contributed by atoms with E-state index in [2.05, 4.69) is 10.2 Å². The lowest BCUT2D eigenvalue weighted by atomic mass is 10.1. The highest BCUT2D eigenvalue weighted by atomic mass is 19.1. The lowest BCUT2D eigenvalue weighted by molar-refractivity contribution is -0.122. The van der Waals surface area contributed by atoms with Crippen molar-refractivity contribution in [3.8, 4) is 0 Å². The zero-order chi connectivity index (χ0) is 14.4. The van der Waals surface area contributed by atoms with Crippen molar-refractivity contribution in [1.82, 2.24) is 10.2 Å². The second-order valence-corrected chi connectivity index (χ2v) is 5.19. The van der Waals surface area contributed by atoms with E-state index in [9.17, 15) is 9.18 Å². The van der Waals surface area contributed by atoms with Gasteiger partial charge in [0.1, 0.15) is 5.82 Å². The van der Waals surface area contributed by atoms with E-state index in [-0.39, 0.29) is 17.8 Å². The van der Waals surface area contributed by atoms with Gasteiger partial charge in [0.2, 0.25) is 5.91 Å². The molecule has 20 heavy (non-hydrogen) atoms. The van der Waals surface area contributed by atoms with Gasteiger partial charge in [-0.05, 0) is 31.2 Å². The van der Waals surface area contributed by atoms with Crippen molar-refractivity contribution >= 4 is 5.91 Å². The topological polar surface area (TPSA) is 41.6 Å². The Morgan fingerprint density at radius 2 is 2.20 bits per heavy atom. The summed E-state index contributed by atoms with van der Waals surface area (Å²) in [6.45, 7) is 3.05. The van der Waals surface area contributed by atoms with Gasteiger partial charge in [0, 0.05) is 26.1 Å². The zero-order valence-electron chi connectivity index (χ0n) is 11.8. The molecule has 0 aromatic heterocycles. The minimum Gasteiger partial charge on any atom is -0.374 e. The van der Waals surface area contributed by atoms with Gasteiger partial charge in [-0.25, -0.2) is 4.39 Å². The molecule has 1 atom stereocenters. The Morgan fingerprint density at radius 3 is 2.90 bits per heavy atom. The van der Waals surface area contributed by atoms with E-state index >= 15 is 0 Å². The zero-order valence-corrected chi connectivity index (χ0v) is 11.8. The molecule has 0 saturated carbocycles. The predicted molar refractivity (Wildman–Crippen MR) is 75.0 cm³/mol. The van der Waals surface area contributed by atoms with Gasteiger partial charge in [0.15, 0.2) is 0 Å². The molecule has 1 saturated heterocycles. The third-order valence-corrected chi connectivity index (χ3v) is 3.42. The number of rotatable bonds is 5. The van der Waals surface area contributed by atoms with Crippen molar-refractivity contribution in [1.29, 1.82) is 0 Å². The van der Waals surface area contributed by atoms with Crippen LogP contribution in [0.1, 0.15) is 12.0 Å². The number of carbonyl (C=O) groups excluding carboxylic acids is 1. The second-order valence-electron chi connectivity index (χ2n) is 5.19. The number of hydrogen-bond acceptors (Lipinski definition) is 3. The van der Waals surface area contributed by atoms with Crippen LogP contribution >= 0.6 is 0 Å². The summed E-state index contributed by atoms with van der Waals surface area (Å²) in [7, 11) is 2.05. The lowest BCUT2D eigenvalue weighted by Crippen LogP contribution is -2.45. The lowest BCUT2D eigenvalue weighted by Gasteiger charge is -2.30. The van der Waals surface area contributed by atoms with Crippen molar-refractivity contribution in [2.75, 3.05) is 33.3 Å². The Labute approximate surface area is 118 Å². The Balaban J connectivity index is 1.66. The highest BCUT2D eigenvalue weighted by Gasteiger charge is 2.17. The first-order valence-electron chi connectivity index (χ1n) is 6.95. The van der Waals surface area contributed by atoms with Crippen LogP contribution in [0, 0.1) is 5.82 Å². The molecule has 1 heterocycles. The SMILES string of the molecule is CN1CCOC(CNC(=O)CCc2ccc(F)cc2)C1. The average Bonchev–Trinajstić information content (AvgIpc) is 2.45. The Kier molecular flexibility index (Phi) is 5.49. The molecule has 1 amide bonds. The van der Waals surface area contributed by atoms with E-state index in [1.165, 1.54) is 12.1 Å². The van der Waals surface area contributed by atoms with Crippen LogP contribution in [0.5, 0.6) is 0 Å². The van der Waals surface area contributed by atoms with Crippen LogP contribution in [0.2, 0.25) is 0 Å². The van der Waals surface area contributed by atoms with Crippen LogP contribution in [0.4, 0.5) is 4.39 Å². The molecule has 2 rings (SSSR count). The number of likely N-dealkylation sites (N-methyl/N-ethyl adjacent to an activating group) is 1. The van der Waals surface area contributed by atoms with E-state index in [0.717, 1.165) is 18.7 Å². The number of aryl methyl sites for hydroxylation is 1. The van der Waals surface area contributed by atoms with Crippen LogP contribution in [-0.2, 0) is 16.0 Å². The molecule has 110 valence electrons. The van der Waals surface area contributed by atoms with Crippen LogP contribution < -0.4 is 5.32 Å². The number of nitrogens with zero attached hydrogens (tertiary/aromatic N) is 1. The normalized spacial score (nSPS) is 19.8. The van der Waals surface area contributed by atoms with E-state index in [1.807, 2.05) is 7.05 Å². The first-order valence-corrected chi connectivity index (χ1v) is 6.95. The summed E-state index contributed by atoms with van der Waals surface area (Å²) in [5.74, 6) is -0.247. The number of hydrogen-bond donors (Lipinski definition) is 1. The quantitative estimate of drug-likeness (QED) is 0.881. The van der Waals surface area contributed by atoms with Gasteiger partial charge in [0.05, 0.1) is 12.7 Å². The van der Waals surface area contributed by atoms with Gasteiger partial charge in [-0.3, -0.25) is 4.79 Å². The number of halogens is 1. The Bertz CT molecular complexity index is 436. The van der Waals surface area contributed by atoms with Crippen molar-refractivity contribution in [3.63, 3.8) is 0 Å². The average molecular weight is 280 g/mol. The highest BCUT2D eigenvalue weighted by molar-refractivity contribution is 5.76. The molecule has 1 aromatic rings. The van der Waals surface area contributed by atoms with Gasteiger partial charge in [0.25, 0.3) is 0 Å². The van der Waals surface area contributed by atoms with Crippen LogP contribution in [-0.4, -0.2) is 50.2 Å². The van der Waals surface area contributed by atoms with E-state index in [0.29, 0.717) is 26.0 Å². The molecule has 0 radical (unpaired) electrons. The Morgan fingerprint density at radius 1 is 1.45 bits per heavy atom. The maximum atomic E-state index is 12.7. The summed E-state index contributed by atoms with van der Waals surface area (Å²) in [4.78, 5) is 13.9. The summed E-state index contributed by atoms with van der Waals surface area (Å²) in [6, 6.07) is 6.25. The van der Waals surface area contributed by atoms with Crippen molar-refractivity contribution < 1.29 is 13.9 Å². The molecule has 1 aliphatic rings. The van der Waals surface area contributed by atoms with Crippen LogP contribution in [0.25, 0.3) is 0 Å². The fraction of sp³-hybridized carbons (Fsp3) is 0.533. The fourth-order valence-electron chi connectivity index (χ4n) is 2.22. The third-order valence-electron chi connectivity index (χ3n) is 3.42. The molecule has 1 aromatic carbocycles. The minimum atomic E-state index is -0.253. The maximum absolute atomic E-state index is 12.7. The first-order chi connectivity index (χ1) is 9.63. The molecule has 0 bridgehead atoms. The standard InChI is InChI=1S/C15H21FN2O2/c1-18-8-9-20-14(11-18)10-17-15(19)7-4-12-2-5-13(16)6-3-12/h2-3,5-6,14H,4,7-11H2,1H3,(H,17,19). The van der Waals surface area contributed by atoms with Gasteiger partial charge in [-0.2, -0.15) is 0 Å². The molecule has 5 heteroatoms. The molecular formula is C15H21FN2O2. The summed E-state index contributed by atoms with van der Waals surface area (Å²) in [6.07, 6.45) is 1.11. The predicted octanol–water partition coefficient (Wildman–Crippen LogP) is 1.21. The van der Waals surface area contributed by atoms with E-state index < -0.39 is 0 Å².